The van der Waals surface area contributed by atoms with Gasteiger partial charge < -0.3 is 5.73 Å². The molecule has 2 N–H and O–H groups in total. The fourth-order valence-corrected chi connectivity index (χ4v) is 1.54. The third-order valence-electron chi connectivity index (χ3n) is 2.28. The van der Waals surface area contributed by atoms with Crippen molar-refractivity contribution in [2.75, 3.05) is 0 Å². The Morgan fingerprint density at radius 3 is 2.67 bits per heavy atom. The third-order valence-corrected chi connectivity index (χ3v) is 2.28. The lowest BCUT2D eigenvalue weighted by Crippen LogP contribution is -2.16. The SMILES string of the molecule is CCCCn1nnc(C(N)=O)c1C(C)C. The van der Waals surface area contributed by atoms with E-state index in [4.69, 9.17) is 5.73 Å². The first kappa shape index (κ1) is 11.7. The van der Waals surface area contributed by atoms with Crippen LogP contribution in [0.15, 0.2) is 0 Å². The Bertz CT molecular complexity index is 343. The van der Waals surface area contributed by atoms with Crippen LogP contribution in [0, 0.1) is 0 Å². The van der Waals surface area contributed by atoms with E-state index in [1.54, 1.807) is 4.68 Å². The summed E-state index contributed by atoms with van der Waals surface area (Å²) in [6.07, 6.45) is 2.12. The highest BCUT2D eigenvalue weighted by molar-refractivity contribution is 5.91. The summed E-state index contributed by atoms with van der Waals surface area (Å²) in [5.74, 6) is -0.291. The highest BCUT2D eigenvalue weighted by Crippen LogP contribution is 2.17. The van der Waals surface area contributed by atoms with Gasteiger partial charge in [-0.2, -0.15) is 0 Å². The summed E-state index contributed by atoms with van der Waals surface area (Å²) < 4.78 is 1.79. The number of amides is 1. The molecule has 0 aliphatic heterocycles. The van der Waals surface area contributed by atoms with Crippen LogP contribution in [-0.2, 0) is 6.54 Å². The summed E-state index contributed by atoms with van der Waals surface area (Å²) in [6, 6.07) is 0. The third kappa shape index (κ3) is 2.55. The molecule has 15 heavy (non-hydrogen) atoms. The predicted molar refractivity (Wildman–Crippen MR) is 57.5 cm³/mol. The Morgan fingerprint density at radius 2 is 2.20 bits per heavy atom. The van der Waals surface area contributed by atoms with Crippen LogP contribution in [0.25, 0.3) is 0 Å². The van der Waals surface area contributed by atoms with Crippen molar-refractivity contribution in [1.29, 1.82) is 0 Å². The molecule has 0 fully saturated rings. The van der Waals surface area contributed by atoms with Crippen LogP contribution in [0.3, 0.4) is 0 Å². The van der Waals surface area contributed by atoms with Crippen LogP contribution in [-0.4, -0.2) is 20.9 Å². The standard InChI is InChI=1S/C10H18N4O/c1-4-5-6-14-9(7(2)3)8(10(11)15)12-13-14/h7H,4-6H2,1-3H3,(H2,11,15). The monoisotopic (exact) mass is 210 g/mol. The van der Waals surface area contributed by atoms with Crippen molar-refractivity contribution >= 4 is 5.91 Å². The number of unbranched alkanes of at least 4 members (excludes halogenated alkanes) is 1. The highest BCUT2D eigenvalue weighted by Gasteiger charge is 2.19. The maximum Gasteiger partial charge on any atom is 0.271 e. The van der Waals surface area contributed by atoms with Crippen molar-refractivity contribution in [3.05, 3.63) is 11.4 Å². The molecule has 1 aromatic heterocycles. The summed E-state index contributed by atoms with van der Waals surface area (Å²) in [6.45, 7) is 6.92. The van der Waals surface area contributed by atoms with Gasteiger partial charge >= 0.3 is 0 Å². The summed E-state index contributed by atoms with van der Waals surface area (Å²) in [5, 5.41) is 7.79. The van der Waals surface area contributed by atoms with Crippen LogP contribution in [0.1, 0.15) is 55.7 Å². The van der Waals surface area contributed by atoms with E-state index in [1.807, 2.05) is 13.8 Å². The summed E-state index contributed by atoms with van der Waals surface area (Å²) in [4.78, 5) is 11.1. The van der Waals surface area contributed by atoms with E-state index >= 15 is 0 Å². The molecule has 84 valence electrons. The molecule has 5 nitrogen and oxygen atoms in total. The molecule has 0 unspecified atom stereocenters. The molecule has 1 rings (SSSR count). The number of aromatic nitrogens is 3. The molecular formula is C10H18N4O. The first-order chi connectivity index (χ1) is 7.07. The highest BCUT2D eigenvalue weighted by atomic mass is 16.1. The smallest absolute Gasteiger partial charge is 0.271 e. The van der Waals surface area contributed by atoms with Crippen molar-refractivity contribution in [3.63, 3.8) is 0 Å². The molecule has 0 bridgehead atoms. The van der Waals surface area contributed by atoms with Gasteiger partial charge in [-0.15, -0.1) is 5.10 Å². The quantitative estimate of drug-likeness (QED) is 0.796. The maximum atomic E-state index is 11.1. The Labute approximate surface area is 89.6 Å². The number of hydrogen-bond donors (Lipinski definition) is 1. The second kappa shape index (κ2) is 4.91. The number of hydrogen-bond acceptors (Lipinski definition) is 3. The van der Waals surface area contributed by atoms with Crippen LogP contribution in [0.2, 0.25) is 0 Å². The zero-order valence-corrected chi connectivity index (χ0v) is 9.53. The Balaban J connectivity index is 3.01. The van der Waals surface area contributed by atoms with E-state index in [0.717, 1.165) is 25.1 Å². The molecule has 1 aromatic rings. The molecule has 0 aromatic carbocycles. The average molecular weight is 210 g/mol. The number of carbonyl (C=O) groups is 1. The predicted octanol–water partition coefficient (Wildman–Crippen LogP) is 1.30. The fraction of sp³-hybridized carbons (Fsp3) is 0.700. The lowest BCUT2D eigenvalue weighted by atomic mass is 10.1. The topological polar surface area (TPSA) is 73.8 Å². The Morgan fingerprint density at radius 1 is 1.53 bits per heavy atom. The van der Waals surface area contributed by atoms with Gasteiger partial charge in [-0.3, -0.25) is 4.79 Å². The normalized spacial score (nSPS) is 10.9. The molecule has 0 saturated carbocycles. The fourth-order valence-electron chi connectivity index (χ4n) is 1.54. The van der Waals surface area contributed by atoms with Crippen molar-refractivity contribution in [2.24, 2.45) is 5.73 Å². The van der Waals surface area contributed by atoms with E-state index in [-0.39, 0.29) is 5.92 Å². The molecule has 0 saturated heterocycles. The van der Waals surface area contributed by atoms with Gasteiger partial charge in [-0.1, -0.05) is 32.4 Å². The molecule has 5 heteroatoms. The van der Waals surface area contributed by atoms with Crippen LogP contribution in [0.5, 0.6) is 0 Å². The molecule has 0 atom stereocenters. The van der Waals surface area contributed by atoms with Gasteiger partial charge in [0.2, 0.25) is 0 Å². The van der Waals surface area contributed by atoms with Crippen molar-refractivity contribution < 1.29 is 4.79 Å². The maximum absolute atomic E-state index is 11.1. The number of carbonyl (C=O) groups excluding carboxylic acids is 1. The molecule has 0 aliphatic carbocycles. The van der Waals surface area contributed by atoms with Crippen molar-refractivity contribution in [3.8, 4) is 0 Å². The first-order valence-corrected chi connectivity index (χ1v) is 5.31. The number of primary amides is 1. The molecule has 1 heterocycles. The Kier molecular flexibility index (Phi) is 3.82. The van der Waals surface area contributed by atoms with Crippen LogP contribution >= 0.6 is 0 Å². The minimum atomic E-state index is -0.499. The molecule has 0 spiro atoms. The van der Waals surface area contributed by atoms with E-state index in [1.165, 1.54) is 0 Å². The van der Waals surface area contributed by atoms with E-state index < -0.39 is 5.91 Å². The van der Waals surface area contributed by atoms with E-state index in [9.17, 15) is 4.79 Å². The lowest BCUT2D eigenvalue weighted by molar-refractivity contribution is 0.0994. The number of aryl methyl sites for hydroxylation is 1. The van der Waals surface area contributed by atoms with Crippen LogP contribution < -0.4 is 5.73 Å². The minimum Gasteiger partial charge on any atom is -0.364 e. The van der Waals surface area contributed by atoms with E-state index in [0.29, 0.717) is 5.69 Å². The largest absolute Gasteiger partial charge is 0.364 e. The molecule has 1 amide bonds. The number of rotatable bonds is 5. The average Bonchev–Trinajstić information content (AvgIpc) is 2.58. The van der Waals surface area contributed by atoms with Crippen molar-refractivity contribution in [2.45, 2.75) is 46.1 Å². The number of nitrogens with two attached hydrogens (primary N) is 1. The Hall–Kier alpha value is -1.39. The second-order valence-corrected chi connectivity index (χ2v) is 3.92. The first-order valence-electron chi connectivity index (χ1n) is 5.31. The number of nitrogens with zero attached hydrogens (tertiary/aromatic N) is 3. The van der Waals surface area contributed by atoms with Gasteiger partial charge in [0, 0.05) is 6.54 Å². The van der Waals surface area contributed by atoms with Crippen molar-refractivity contribution in [1.82, 2.24) is 15.0 Å². The second-order valence-electron chi connectivity index (χ2n) is 3.92. The van der Waals surface area contributed by atoms with Gasteiger partial charge in [-0.25, -0.2) is 4.68 Å². The van der Waals surface area contributed by atoms with Gasteiger partial charge in [0.15, 0.2) is 5.69 Å². The van der Waals surface area contributed by atoms with Gasteiger partial charge in [0.1, 0.15) is 0 Å². The zero-order valence-electron chi connectivity index (χ0n) is 9.53. The molecular weight excluding hydrogens is 192 g/mol. The van der Waals surface area contributed by atoms with Gasteiger partial charge in [-0.05, 0) is 12.3 Å². The molecule has 0 aliphatic rings. The van der Waals surface area contributed by atoms with Gasteiger partial charge in [0.05, 0.1) is 5.69 Å². The minimum absolute atomic E-state index is 0.208. The summed E-state index contributed by atoms with van der Waals surface area (Å²) in [5.41, 5.74) is 6.39. The van der Waals surface area contributed by atoms with Gasteiger partial charge in [0.25, 0.3) is 5.91 Å². The van der Waals surface area contributed by atoms with E-state index in [2.05, 4.69) is 17.2 Å². The molecule has 0 radical (unpaired) electrons. The van der Waals surface area contributed by atoms with Crippen LogP contribution in [0.4, 0.5) is 0 Å². The lowest BCUT2D eigenvalue weighted by Gasteiger charge is -2.09. The summed E-state index contributed by atoms with van der Waals surface area (Å²) >= 11 is 0. The summed E-state index contributed by atoms with van der Waals surface area (Å²) in [7, 11) is 0. The zero-order chi connectivity index (χ0) is 11.4.